The van der Waals surface area contributed by atoms with Gasteiger partial charge in [-0.3, -0.25) is 9.59 Å². The average Bonchev–Trinajstić information content (AvgIpc) is 3.22. The standard InChI is InChI=1S/C26H23FN4O4/c1-26(2)11-19-21(20(32)12-26)22(14-3-5-15(6-4-14)25(34)35)31-23(30-19)18(13-28-31)24(33)29-17-9-7-16(27)8-10-17/h3-10,13,22,30H,11-12H2,1-2H3,(H,29,33)(H,34,35). The van der Waals surface area contributed by atoms with Crippen molar-refractivity contribution >= 4 is 29.2 Å². The van der Waals surface area contributed by atoms with Gasteiger partial charge in [0.2, 0.25) is 0 Å². The summed E-state index contributed by atoms with van der Waals surface area (Å²) in [5, 5.41) is 19.7. The van der Waals surface area contributed by atoms with E-state index in [9.17, 15) is 23.9 Å². The van der Waals surface area contributed by atoms with Crippen molar-refractivity contribution in [3.05, 3.63) is 88.5 Å². The van der Waals surface area contributed by atoms with Crippen LogP contribution in [-0.4, -0.2) is 32.5 Å². The molecule has 5 rings (SSSR count). The van der Waals surface area contributed by atoms with Crippen molar-refractivity contribution in [3.8, 4) is 0 Å². The Hall–Kier alpha value is -4.27. The van der Waals surface area contributed by atoms with Crippen molar-refractivity contribution in [1.82, 2.24) is 9.78 Å². The van der Waals surface area contributed by atoms with Crippen molar-refractivity contribution in [2.24, 2.45) is 5.41 Å². The number of hydrogen-bond acceptors (Lipinski definition) is 5. The fourth-order valence-corrected chi connectivity index (χ4v) is 4.72. The maximum Gasteiger partial charge on any atom is 0.335 e. The third kappa shape index (κ3) is 4.09. The number of hydrogen-bond donors (Lipinski definition) is 3. The molecule has 1 aromatic heterocycles. The zero-order valence-corrected chi connectivity index (χ0v) is 19.1. The maximum atomic E-state index is 13.3. The van der Waals surface area contributed by atoms with Gasteiger partial charge >= 0.3 is 5.97 Å². The number of carboxylic acid groups (broad SMARTS) is 1. The van der Waals surface area contributed by atoms with Crippen LogP contribution in [0, 0.1) is 11.2 Å². The minimum atomic E-state index is -1.04. The number of Topliss-reactive ketones (excluding diaryl/α,β-unsaturated/α-hetero) is 1. The summed E-state index contributed by atoms with van der Waals surface area (Å²) in [4.78, 5) is 37.7. The number of aromatic nitrogens is 2. The quantitative estimate of drug-likeness (QED) is 0.508. The van der Waals surface area contributed by atoms with Crippen LogP contribution in [0.5, 0.6) is 0 Å². The Morgan fingerprint density at radius 1 is 1.11 bits per heavy atom. The van der Waals surface area contributed by atoms with Gasteiger partial charge in [0.15, 0.2) is 5.78 Å². The molecule has 1 amide bonds. The van der Waals surface area contributed by atoms with Gasteiger partial charge in [-0.05, 0) is 53.8 Å². The second-order valence-corrected chi connectivity index (χ2v) is 9.60. The molecule has 3 N–H and O–H groups in total. The van der Waals surface area contributed by atoms with Crippen LogP contribution in [0.25, 0.3) is 0 Å². The fourth-order valence-electron chi connectivity index (χ4n) is 4.72. The van der Waals surface area contributed by atoms with Gasteiger partial charge in [-0.15, -0.1) is 0 Å². The molecular formula is C26H23FN4O4. The molecule has 1 atom stereocenters. The summed E-state index contributed by atoms with van der Waals surface area (Å²) in [5.74, 6) is -1.48. The highest BCUT2D eigenvalue weighted by Crippen LogP contribution is 2.46. The van der Waals surface area contributed by atoms with Gasteiger partial charge in [-0.25, -0.2) is 13.9 Å². The molecule has 178 valence electrons. The first-order valence-electron chi connectivity index (χ1n) is 11.1. The molecule has 1 aliphatic heterocycles. The topological polar surface area (TPSA) is 113 Å². The minimum absolute atomic E-state index is 0.0190. The minimum Gasteiger partial charge on any atom is -0.478 e. The van der Waals surface area contributed by atoms with Crippen LogP contribution in [0.3, 0.4) is 0 Å². The van der Waals surface area contributed by atoms with Gasteiger partial charge in [0.05, 0.1) is 11.8 Å². The first-order chi connectivity index (χ1) is 16.6. The van der Waals surface area contributed by atoms with Gasteiger partial charge in [-0.1, -0.05) is 26.0 Å². The lowest BCUT2D eigenvalue weighted by atomic mass is 9.73. The number of halogens is 1. The number of amides is 1. The van der Waals surface area contributed by atoms with Gasteiger partial charge in [0.25, 0.3) is 5.91 Å². The SMILES string of the molecule is CC1(C)CC(=O)C2=C(C1)Nc1c(C(=O)Nc3ccc(F)cc3)cnn1C2c1ccc(C(=O)O)cc1. The first kappa shape index (κ1) is 22.5. The lowest BCUT2D eigenvalue weighted by Crippen LogP contribution is -2.37. The number of carbonyl (C=O) groups excluding carboxylic acids is 2. The molecule has 0 saturated carbocycles. The Balaban J connectivity index is 1.58. The van der Waals surface area contributed by atoms with Crippen molar-refractivity contribution in [1.29, 1.82) is 0 Å². The molecule has 1 aliphatic carbocycles. The van der Waals surface area contributed by atoms with Crippen LogP contribution in [0.1, 0.15) is 59.0 Å². The molecule has 0 bridgehead atoms. The highest BCUT2D eigenvalue weighted by Gasteiger charge is 2.42. The number of fused-ring (bicyclic) bond motifs is 1. The molecular weight excluding hydrogens is 451 g/mol. The van der Waals surface area contributed by atoms with Gasteiger partial charge in [0, 0.05) is 23.4 Å². The van der Waals surface area contributed by atoms with Crippen molar-refractivity contribution in [2.45, 2.75) is 32.7 Å². The predicted octanol–water partition coefficient (Wildman–Crippen LogP) is 4.63. The van der Waals surface area contributed by atoms with Crippen LogP contribution in [0.15, 0.2) is 66.0 Å². The van der Waals surface area contributed by atoms with E-state index in [2.05, 4.69) is 15.7 Å². The smallest absolute Gasteiger partial charge is 0.335 e. The van der Waals surface area contributed by atoms with E-state index in [1.807, 2.05) is 13.8 Å². The highest BCUT2D eigenvalue weighted by molar-refractivity contribution is 6.08. The zero-order valence-electron chi connectivity index (χ0n) is 19.1. The Morgan fingerprint density at radius 2 is 1.80 bits per heavy atom. The Labute approximate surface area is 200 Å². The van der Waals surface area contributed by atoms with E-state index in [4.69, 9.17) is 0 Å². The second-order valence-electron chi connectivity index (χ2n) is 9.60. The Morgan fingerprint density at radius 3 is 2.46 bits per heavy atom. The summed E-state index contributed by atoms with van der Waals surface area (Å²) in [7, 11) is 0. The number of carboxylic acids is 1. The van der Waals surface area contributed by atoms with Crippen molar-refractivity contribution in [2.75, 3.05) is 10.6 Å². The van der Waals surface area contributed by atoms with Crippen LogP contribution in [0.4, 0.5) is 15.9 Å². The highest BCUT2D eigenvalue weighted by atomic mass is 19.1. The number of rotatable bonds is 4. The maximum absolute atomic E-state index is 13.3. The lowest BCUT2D eigenvalue weighted by Gasteiger charge is -2.39. The average molecular weight is 474 g/mol. The lowest BCUT2D eigenvalue weighted by molar-refractivity contribution is -0.118. The van der Waals surface area contributed by atoms with E-state index >= 15 is 0 Å². The van der Waals surface area contributed by atoms with Crippen molar-refractivity contribution < 1.29 is 23.9 Å². The summed E-state index contributed by atoms with van der Waals surface area (Å²) in [6.07, 6.45) is 2.39. The third-order valence-electron chi connectivity index (χ3n) is 6.32. The molecule has 3 aromatic rings. The predicted molar refractivity (Wildman–Crippen MR) is 127 cm³/mol. The fraction of sp³-hybridized carbons (Fsp3) is 0.231. The number of benzene rings is 2. The number of anilines is 2. The van der Waals surface area contributed by atoms with E-state index in [-0.39, 0.29) is 22.3 Å². The normalized spacial score (nSPS) is 18.4. The first-order valence-corrected chi connectivity index (χ1v) is 11.1. The molecule has 8 nitrogen and oxygen atoms in total. The molecule has 1 unspecified atom stereocenters. The van der Waals surface area contributed by atoms with Gasteiger partial charge in [-0.2, -0.15) is 5.10 Å². The molecule has 0 radical (unpaired) electrons. The summed E-state index contributed by atoms with van der Waals surface area (Å²) in [6.45, 7) is 4.03. The number of allylic oxidation sites excluding steroid dienone is 2. The van der Waals surface area contributed by atoms with Crippen LogP contribution in [-0.2, 0) is 4.79 Å². The molecule has 0 saturated heterocycles. The number of carbonyl (C=O) groups is 3. The van der Waals surface area contributed by atoms with E-state index in [1.165, 1.54) is 42.6 Å². The largest absolute Gasteiger partial charge is 0.478 e. The number of nitrogens with one attached hydrogen (secondary N) is 2. The second kappa shape index (κ2) is 8.19. The summed E-state index contributed by atoms with van der Waals surface area (Å²) < 4.78 is 14.8. The summed E-state index contributed by atoms with van der Waals surface area (Å²) in [6, 6.07) is 11.1. The summed E-state index contributed by atoms with van der Waals surface area (Å²) in [5.41, 5.74) is 2.54. The van der Waals surface area contributed by atoms with Gasteiger partial charge < -0.3 is 15.7 Å². The summed E-state index contributed by atoms with van der Waals surface area (Å²) >= 11 is 0. The number of aromatic carboxylic acids is 1. The van der Waals surface area contributed by atoms with E-state index in [0.717, 1.165) is 5.70 Å². The van der Waals surface area contributed by atoms with Crippen LogP contribution >= 0.6 is 0 Å². The van der Waals surface area contributed by atoms with Crippen LogP contribution in [0.2, 0.25) is 0 Å². The zero-order chi connectivity index (χ0) is 24.9. The molecule has 0 fully saturated rings. The van der Waals surface area contributed by atoms with E-state index in [1.54, 1.807) is 16.8 Å². The Kier molecular flexibility index (Phi) is 5.27. The third-order valence-corrected chi connectivity index (χ3v) is 6.32. The molecule has 2 heterocycles. The molecule has 2 aliphatic rings. The monoisotopic (exact) mass is 474 g/mol. The van der Waals surface area contributed by atoms with Crippen LogP contribution < -0.4 is 10.6 Å². The van der Waals surface area contributed by atoms with E-state index < -0.39 is 23.7 Å². The van der Waals surface area contributed by atoms with Crippen molar-refractivity contribution in [3.63, 3.8) is 0 Å². The van der Waals surface area contributed by atoms with Gasteiger partial charge in [0.1, 0.15) is 23.2 Å². The molecule has 9 heteroatoms. The Bertz CT molecular complexity index is 1390. The molecule has 0 spiro atoms. The molecule has 35 heavy (non-hydrogen) atoms. The number of nitrogens with zero attached hydrogens (tertiary/aromatic N) is 2. The molecule has 2 aromatic carbocycles. The number of ketones is 1. The van der Waals surface area contributed by atoms with E-state index in [0.29, 0.717) is 35.5 Å².